The summed E-state index contributed by atoms with van der Waals surface area (Å²) in [6.07, 6.45) is 4.71. The van der Waals surface area contributed by atoms with E-state index in [9.17, 15) is 14.7 Å². The first-order valence-electron chi connectivity index (χ1n) is 7.07. The highest BCUT2D eigenvalue weighted by Gasteiger charge is 2.56. The van der Waals surface area contributed by atoms with Crippen LogP contribution in [0.3, 0.4) is 0 Å². The van der Waals surface area contributed by atoms with Gasteiger partial charge in [-0.1, -0.05) is 20.3 Å². The highest BCUT2D eigenvalue weighted by Crippen LogP contribution is 2.57. The second kappa shape index (κ2) is 4.90. The molecule has 2 N–H and O–H groups in total. The van der Waals surface area contributed by atoms with Crippen molar-refractivity contribution in [1.29, 1.82) is 0 Å². The lowest BCUT2D eigenvalue weighted by Crippen LogP contribution is -2.43. The molecule has 2 rings (SSSR count). The van der Waals surface area contributed by atoms with Gasteiger partial charge in [0.15, 0.2) is 0 Å². The van der Waals surface area contributed by atoms with E-state index in [1.165, 1.54) is 19.3 Å². The molecule has 2 saturated carbocycles. The fourth-order valence-electron chi connectivity index (χ4n) is 3.46. The predicted octanol–water partition coefficient (Wildman–Crippen LogP) is 2.04. The lowest BCUT2D eigenvalue weighted by Gasteiger charge is -2.27. The van der Waals surface area contributed by atoms with E-state index in [-0.39, 0.29) is 18.4 Å². The zero-order valence-corrected chi connectivity index (χ0v) is 11.2. The molecule has 2 aliphatic carbocycles. The summed E-state index contributed by atoms with van der Waals surface area (Å²) in [4.78, 5) is 23.3. The minimum absolute atomic E-state index is 0.0808. The molecule has 0 aliphatic heterocycles. The average Bonchev–Trinajstić information content (AvgIpc) is 2.84. The molecular weight excluding hydrogens is 230 g/mol. The maximum Gasteiger partial charge on any atom is 0.311 e. The number of nitrogens with one attached hydrogen (secondary N) is 1. The number of rotatable bonds is 6. The minimum Gasteiger partial charge on any atom is -0.481 e. The van der Waals surface area contributed by atoms with E-state index in [0.29, 0.717) is 24.7 Å². The van der Waals surface area contributed by atoms with Gasteiger partial charge in [0.1, 0.15) is 0 Å². The van der Waals surface area contributed by atoms with Crippen molar-refractivity contribution in [3.8, 4) is 0 Å². The van der Waals surface area contributed by atoms with Gasteiger partial charge in [0.2, 0.25) is 5.91 Å². The summed E-state index contributed by atoms with van der Waals surface area (Å²) >= 11 is 0. The summed E-state index contributed by atoms with van der Waals surface area (Å²) < 4.78 is 0. The third kappa shape index (κ3) is 2.13. The number of amides is 1. The molecule has 0 radical (unpaired) electrons. The molecule has 18 heavy (non-hydrogen) atoms. The third-order valence-corrected chi connectivity index (χ3v) is 5.12. The molecule has 0 bridgehead atoms. The van der Waals surface area contributed by atoms with E-state index in [1.807, 2.05) is 13.8 Å². The average molecular weight is 253 g/mol. The van der Waals surface area contributed by atoms with Crippen LogP contribution >= 0.6 is 0 Å². The Morgan fingerprint density at radius 2 is 1.78 bits per heavy atom. The Morgan fingerprint density at radius 1 is 1.22 bits per heavy atom. The van der Waals surface area contributed by atoms with Crippen molar-refractivity contribution < 1.29 is 14.7 Å². The van der Waals surface area contributed by atoms with Crippen molar-refractivity contribution in [3.63, 3.8) is 0 Å². The predicted molar refractivity (Wildman–Crippen MR) is 68.0 cm³/mol. The SMILES string of the molecule is CCC(CC)(CNC(=O)C1[C@@H]2CCC[C@@H]12)C(=O)O. The number of fused-ring (bicyclic) bond motifs is 1. The number of hydrogen-bond donors (Lipinski definition) is 2. The van der Waals surface area contributed by atoms with E-state index in [1.54, 1.807) is 0 Å². The van der Waals surface area contributed by atoms with Crippen molar-refractivity contribution in [1.82, 2.24) is 5.32 Å². The third-order valence-electron chi connectivity index (χ3n) is 5.12. The van der Waals surface area contributed by atoms with Crippen LogP contribution in [0, 0.1) is 23.2 Å². The fourth-order valence-corrected chi connectivity index (χ4v) is 3.46. The van der Waals surface area contributed by atoms with Crippen molar-refractivity contribution in [2.75, 3.05) is 6.54 Å². The Hall–Kier alpha value is -1.06. The van der Waals surface area contributed by atoms with Crippen molar-refractivity contribution in [2.24, 2.45) is 23.2 Å². The van der Waals surface area contributed by atoms with Crippen LogP contribution in [-0.4, -0.2) is 23.5 Å². The Balaban J connectivity index is 1.86. The van der Waals surface area contributed by atoms with Gasteiger partial charge in [0, 0.05) is 12.5 Å². The Kier molecular flexibility index (Phi) is 3.64. The fraction of sp³-hybridized carbons (Fsp3) is 0.857. The maximum absolute atomic E-state index is 12.0. The monoisotopic (exact) mass is 253 g/mol. The van der Waals surface area contributed by atoms with Crippen molar-refractivity contribution in [3.05, 3.63) is 0 Å². The van der Waals surface area contributed by atoms with Crippen LogP contribution in [-0.2, 0) is 9.59 Å². The molecule has 0 unspecified atom stereocenters. The van der Waals surface area contributed by atoms with Gasteiger partial charge in [-0.2, -0.15) is 0 Å². The van der Waals surface area contributed by atoms with Crippen LogP contribution < -0.4 is 5.32 Å². The van der Waals surface area contributed by atoms with Crippen molar-refractivity contribution >= 4 is 11.9 Å². The van der Waals surface area contributed by atoms with Crippen LogP contribution in [0.25, 0.3) is 0 Å². The van der Waals surface area contributed by atoms with Gasteiger partial charge in [-0.3, -0.25) is 9.59 Å². The molecule has 2 atom stereocenters. The lowest BCUT2D eigenvalue weighted by molar-refractivity contribution is -0.149. The molecule has 2 aliphatic rings. The molecule has 0 spiro atoms. The second-order valence-electron chi connectivity index (χ2n) is 5.79. The van der Waals surface area contributed by atoms with Gasteiger partial charge in [-0.15, -0.1) is 0 Å². The molecule has 1 amide bonds. The highest BCUT2D eigenvalue weighted by molar-refractivity contribution is 5.83. The second-order valence-corrected chi connectivity index (χ2v) is 5.79. The van der Waals surface area contributed by atoms with Gasteiger partial charge in [-0.25, -0.2) is 0 Å². The number of hydrogen-bond acceptors (Lipinski definition) is 2. The van der Waals surface area contributed by atoms with E-state index < -0.39 is 11.4 Å². The largest absolute Gasteiger partial charge is 0.481 e. The number of aliphatic carboxylic acids is 1. The van der Waals surface area contributed by atoms with Gasteiger partial charge < -0.3 is 10.4 Å². The Bertz CT molecular complexity index is 339. The smallest absolute Gasteiger partial charge is 0.311 e. The summed E-state index contributed by atoms with van der Waals surface area (Å²) in [6.45, 7) is 4.01. The summed E-state index contributed by atoms with van der Waals surface area (Å²) in [6, 6.07) is 0. The summed E-state index contributed by atoms with van der Waals surface area (Å²) in [5, 5.41) is 12.2. The summed E-state index contributed by atoms with van der Waals surface area (Å²) in [5.74, 6) is 0.639. The first-order chi connectivity index (χ1) is 8.55. The zero-order valence-electron chi connectivity index (χ0n) is 11.2. The minimum atomic E-state index is -0.802. The number of carboxylic acid groups (broad SMARTS) is 1. The number of carbonyl (C=O) groups excluding carboxylic acids is 1. The van der Waals surface area contributed by atoms with Gasteiger partial charge in [0.05, 0.1) is 5.41 Å². The molecule has 4 nitrogen and oxygen atoms in total. The van der Waals surface area contributed by atoms with Gasteiger partial charge in [0.25, 0.3) is 0 Å². The number of carboxylic acids is 1. The van der Waals surface area contributed by atoms with Gasteiger partial charge in [-0.05, 0) is 37.5 Å². The molecule has 0 saturated heterocycles. The molecule has 0 aromatic rings. The van der Waals surface area contributed by atoms with Crippen LogP contribution in [0.5, 0.6) is 0 Å². The summed E-state index contributed by atoms with van der Waals surface area (Å²) in [5.41, 5.74) is -0.792. The summed E-state index contributed by atoms with van der Waals surface area (Å²) in [7, 11) is 0. The quantitative estimate of drug-likeness (QED) is 0.761. The van der Waals surface area contributed by atoms with E-state index in [4.69, 9.17) is 0 Å². The molecule has 4 heteroatoms. The van der Waals surface area contributed by atoms with Crippen LogP contribution in [0.15, 0.2) is 0 Å². The molecule has 2 fully saturated rings. The first-order valence-corrected chi connectivity index (χ1v) is 7.07. The topological polar surface area (TPSA) is 66.4 Å². The first kappa shape index (κ1) is 13.4. The van der Waals surface area contributed by atoms with E-state index >= 15 is 0 Å². The molecule has 102 valence electrons. The van der Waals surface area contributed by atoms with Gasteiger partial charge >= 0.3 is 5.97 Å². The Labute approximate surface area is 108 Å². The van der Waals surface area contributed by atoms with Crippen LogP contribution in [0.4, 0.5) is 0 Å². The normalized spacial score (nSPS) is 29.8. The molecule has 0 aromatic heterocycles. The van der Waals surface area contributed by atoms with Crippen LogP contribution in [0.1, 0.15) is 46.0 Å². The van der Waals surface area contributed by atoms with Crippen LogP contribution in [0.2, 0.25) is 0 Å². The standard InChI is InChI=1S/C14H23NO3/c1-3-14(4-2,13(17)18)8-15-12(16)11-9-6-5-7-10(9)11/h9-11H,3-8H2,1-2H3,(H,15,16)(H,17,18)/t9-,10-/m1/s1. The molecule has 0 aromatic carbocycles. The van der Waals surface area contributed by atoms with E-state index in [2.05, 4.69) is 5.32 Å². The molecular formula is C14H23NO3. The Morgan fingerprint density at radius 3 is 2.22 bits per heavy atom. The van der Waals surface area contributed by atoms with E-state index in [0.717, 1.165) is 0 Å². The highest BCUT2D eigenvalue weighted by atomic mass is 16.4. The maximum atomic E-state index is 12.0. The number of carbonyl (C=O) groups is 2. The zero-order chi connectivity index (χ0) is 13.3. The molecule has 0 heterocycles. The lowest BCUT2D eigenvalue weighted by atomic mass is 9.82. The van der Waals surface area contributed by atoms with Crippen molar-refractivity contribution in [2.45, 2.75) is 46.0 Å².